The maximum atomic E-state index is 2.00. The molecule has 1 heteroatoms. The van der Waals surface area contributed by atoms with Crippen LogP contribution >= 0.6 is 0 Å². The van der Waals surface area contributed by atoms with Crippen molar-refractivity contribution in [1.29, 1.82) is 0 Å². The molecule has 0 amide bonds. The molecule has 0 N–H and O–H groups in total. The molecule has 0 bridgehead atoms. The fraction of sp³-hybridized carbons (Fsp3) is 0. The third-order valence-electron chi connectivity index (χ3n) is 1.67. The molecule has 0 fully saturated rings. The van der Waals surface area contributed by atoms with Crippen molar-refractivity contribution in [2.45, 2.75) is 0 Å². The molecule has 0 aliphatic rings. The normalized spacial score (nSPS) is 7.50. The van der Waals surface area contributed by atoms with E-state index >= 15 is 0 Å². The molecule has 16 heavy (non-hydrogen) atoms. The van der Waals surface area contributed by atoms with Gasteiger partial charge in [0.05, 0.1) is 0 Å². The summed E-state index contributed by atoms with van der Waals surface area (Å²) in [5.74, 6) is 0. The van der Waals surface area contributed by atoms with Crippen LogP contribution in [-0.2, 0) is 0 Å². The minimum absolute atomic E-state index is 0. The molecule has 0 aromatic heterocycles. The van der Waals surface area contributed by atoms with Gasteiger partial charge < -0.3 is 0 Å². The summed E-state index contributed by atoms with van der Waals surface area (Å²) in [6, 6.07) is 30.0. The molecular weight excluding hydrogens is 337 g/mol. The molecular formula is C15H15Gd. The van der Waals surface area contributed by atoms with Gasteiger partial charge in [-0.3, -0.25) is 0 Å². The second-order valence-electron chi connectivity index (χ2n) is 2.89. The van der Waals surface area contributed by atoms with Crippen molar-refractivity contribution < 1.29 is 39.9 Å². The first-order valence-corrected chi connectivity index (χ1v) is 5.00. The molecule has 0 aliphatic carbocycles. The largest absolute Gasteiger partial charge is 3.00 e. The number of hydrogen-bond acceptors (Lipinski definition) is 0. The van der Waals surface area contributed by atoms with Crippen molar-refractivity contribution in [2.24, 2.45) is 0 Å². The Morgan fingerprint density at radius 2 is 0.562 bits per heavy atom. The summed E-state index contributed by atoms with van der Waals surface area (Å²) in [7, 11) is 0. The van der Waals surface area contributed by atoms with Crippen LogP contribution in [0, 0.1) is 39.9 Å². The van der Waals surface area contributed by atoms with E-state index in [0.717, 1.165) is 0 Å². The van der Waals surface area contributed by atoms with Gasteiger partial charge in [0.1, 0.15) is 0 Å². The quantitative estimate of drug-likeness (QED) is 0.532. The Balaban J connectivity index is 0.000000205. The predicted octanol–water partition coefficient (Wildman–Crippen LogP) is 4.22. The number of rotatable bonds is 0. The maximum absolute atomic E-state index is 2.00. The first-order chi connectivity index (χ1) is 7.50. The zero-order chi connectivity index (χ0) is 10.6. The Kier molecular flexibility index (Phi) is 12.0. The summed E-state index contributed by atoms with van der Waals surface area (Å²) in [6.45, 7) is 0. The molecule has 3 rings (SSSR count). The van der Waals surface area contributed by atoms with Crippen LogP contribution in [-0.4, -0.2) is 0 Å². The third kappa shape index (κ3) is 9.91. The van der Waals surface area contributed by atoms with Gasteiger partial charge in [0.2, 0.25) is 0 Å². The summed E-state index contributed by atoms with van der Waals surface area (Å²) in [4.78, 5) is 0. The van der Waals surface area contributed by atoms with Gasteiger partial charge in [-0.05, 0) is 0 Å². The van der Waals surface area contributed by atoms with Crippen molar-refractivity contribution in [1.82, 2.24) is 0 Å². The van der Waals surface area contributed by atoms with Gasteiger partial charge >= 0.3 is 39.9 Å². The second-order valence-corrected chi connectivity index (χ2v) is 2.89. The van der Waals surface area contributed by atoms with Gasteiger partial charge in [0.15, 0.2) is 0 Å². The summed E-state index contributed by atoms with van der Waals surface area (Å²) < 4.78 is 0. The standard InChI is InChI=1S/3C5H5.Gd/c3*1-2-4-5-3-1;/h3*1-5H;/q3*-1;+3. The average molecular weight is 353 g/mol. The van der Waals surface area contributed by atoms with Crippen molar-refractivity contribution in [3.05, 3.63) is 91.0 Å². The van der Waals surface area contributed by atoms with Crippen LogP contribution in [0.3, 0.4) is 0 Å². The van der Waals surface area contributed by atoms with Gasteiger partial charge in [0, 0.05) is 0 Å². The Hall–Kier alpha value is -0.625. The fourth-order valence-electron chi connectivity index (χ4n) is 0.962. The van der Waals surface area contributed by atoms with E-state index in [9.17, 15) is 0 Å². The second kappa shape index (κ2) is 12.4. The third-order valence-corrected chi connectivity index (χ3v) is 1.67. The summed E-state index contributed by atoms with van der Waals surface area (Å²) in [5, 5.41) is 0. The molecule has 3 aromatic carbocycles. The van der Waals surface area contributed by atoms with Crippen molar-refractivity contribution in [3.63, 3.8) is 0 Å². The molecule has 0 saturated heterocycles. The molecule has 0 unspecified atom stereocenters. The van der Waals surface area contributed by atoms with Gasteiger partial charge in [-0.25, -0.2) is 36.4 Å². The van der Waals surface area contributed by atoms with E-state index < -0.39 is 0 Å². The van der Waals surface area contributed by atoms with Crippen molar-refractivity contribution >= 4 is 0 Å². The van der Waals surface area contributed by atoms with Crippen LogP contribution in [0.2, 0.25) is 0 Å². The Bertz CT molecular complexity index is 237. The first-order valence-electron chi connectivity index (χ1n) is 5.00. The van der Waals surface area contributed by atoms with Gasteiger partial charge in [-0.1, -0.05) is 0 Å². The van der Waals surface area contributed by atoms with E-state index in [4.69, 9.17) is 0 Å². The van der Waals surface area contributed by atoms with E-state index in [1.165, 1.54) is 0 Å². The SMILES string of the molecule is [Gd+3].c1cc[cH-]c1.c1cc[cH-]c1.c1cc[cH-]c1. The Labute approximate surface area is 130 Å². The fourth-order valence-corrected chi connectivity index (χ4v) is 0.962. The van der Waals surface area contributed by atoms with Gasteiger partial charge in [0.25, 0.3) is 0 Å². The molecule has 0 spiro atoms. The van der Waals surface area contributed by atoms with Crippen molar-refractivity contribution in [3.8, 4) is 0 Å². The first kappa shape index (κ1) is 15.4. The maximum Gasteiger partial charge on any atom is 3.00 e. The molecule has 0 heterocycles. The molecule has 1 radical (unpaired) electrons. The summed E-state index contributed by atoms with van der Waals surface area (Å²) in [5.41, 5.74) is 0. The van der Waals surface area contributed by atoms with E-state index in [1.54, 1.807) is 0 Å². The van der Waals surface area contributed by atoms with E-state index in [0.29, 0.717) is 0 Å². The van der Waals surface area contributed by atoms with E-state index in [1.807, 2.05) is 91.0 Å². The monoisotopic (exact) mass is 353 g/mol. The molecule has 0 aliphatic heterocycles. The molecule has 0 atom stereocenters. The smallest absolute Gasteiger partial charge is 0.214 e. The van der Waals surface area contributed by atoms with Crippen LogP contribution in [0.15, 0.2) is 91.0 Å². The summed E-state index contributed by atoms with van der Waals surface area (Å²) in [6.07, 6.45) is 0. The van der Waals surface area contributed by atoms with E-state index in [-0.39, 0.29) is 39.9 Å². The van der Waals surface area contributed by atoms with Crippen LogP contribution < -0.4 is 0 Å². The minimum Gasteiger partial charge on any atom is -0.214 e. The van der Waals surface area contributed by atoms with Crippen LogP contribution in [0.1, 0.15) is 0 Å². The molecule has 0 nitrogen and oxygen atoms in total. The Morgan fingerprint density at radius 3 is 0.625 bits per heavy atom. The van der Waals surface area contributed by atoms with E-state index in [2.05, 4.69) is 0 Å². The predicted molar refractivity (Wildman–Crippen MR) is 66.1 cm³/mol. The van der Waals surface area contributed by atoms with Crippen LogP contribution in [0.5, 0.6) is 0 Å². The van der Waals surface area contributed by atoms with Crippen LogP contribution in [0.25, 0.3) is 0 Å². The topological polar surface area (TPSA) is 0 Å². The molecule has 3 aromatic rings. The summed E-state index contributed by atoms with van der Waals surface area (Å²) >= 11 is 0. The minimum atomic E-state index is 0. The zero-order valence-electron chi connectivity index (χ0n) is 9.01. The Morgan fingerprint density at radius 1 is 0.375 bits per heavy atom. The molecule has 0 saturated carbocycles. The van der Waals surface area contributed by atoms with Crippen molar-refractivity contribution in [2.75, 3.05) is 0 Å². The number of hydrogen-bond donors (Lipinski definition) is 0. The van der Waals surface area contributed by atoms with Crippen LogP contribution in [0.4, 0.5) is 0 Å². The van der Waals surface area contributed by atoms with Gasteiger partial charge in [-0.15, -0.1) is 0 Å². The average Bonchev–Trinajstić information content (AvgIpc) is 3.09. The zero-order valence-corrected chi connectivity index (χ0v) is 11.3. The molecule has 83 valence electrons. The van der Waals surface area contributed by atoms with Gasteiger partial charge in [-0.2, -0.15) is 54.6 Å².